The van der Waals surface area contributed by atoms with Crippen molar-refractivity contribution >= 4 is 21.6 Å². The van der Waals surface area contributed by atoms with Gasteiger partial charge < -0.3 is 15.2 Å². The van der Waals surface area contributed by atoms with Crippen molar-refractivity contribution < 1.29 is 9.47 Å². The van der Waals surface area contributed by atoms with Crippen molar-refractivity contribution in [2.24, 2.45) is 0 Å². The van der Waals surface area contributed by atoms with E-state index < -0.39 is 0 Å². The Morgan fingerprint density at radius 1 is 1.05 bits per heavy atom. The minimum atomic E-state index is 0.422. The highest BCUT2D eigenvalue weighted by Gasteiger charge is 2.06. The minimum absolute atomic E-state index is 0.422. The van der Waals surface area contributed by atoms with E-state index in [1.54, 1.807) is 0 Å². The van der Waals surface area contributed by atoms with Gasteiger partial charge in [0.2, 0.25) is 0 Å². The van der Waals surface area contributed by atoms with E-state index in [-0.39, 0.29) is 0 Å². The minimum Gasteiger partial charge on any atom is -0.490 e. The molecule has 0 bridgehead atoms. The zero-order valence-corrected chi connectivity index (χ0v) is 13.0. The Labute approximate surface area is 127 Å². The van der Waals surface area contributed by atoms with Crippen LogP contribution in [0.1, 0.15) is 18.9 Å². The fraction of sp³-hybridized carbons (Fsp3) is 0.250. The molecular formula is C16H18BrNO2. The summed E-state index contributed by atoms with van der Waals surface area (Å²) in [6.07, 6.45) is 0.966. The first-order valence-corrected chi connectivity index (χ1v) is 7.38. The summed E-state index contributed by atoms with van der Waals surface area (Å²) in [6.45, 7) is 3.18. The molecule has 0 spiro atoms. The molecule has 20 heavy (non-hydrogen) atoms. The first kappa shape index (κ1) is 14.7. The molecule has 0 unspecified atom stereocenters. The van der Waals surface area contributed by atoms with Crippen molar-refractivity contribution in [2.45, 2.75) is 20.0 Å². The highest BCUT2D eigenvalue weighted by molar-refractivity contribution is 9.10. The maximum Gasteiger partial charge on any atom is 0.161 e. The van der Waals surface area contributed by atoms with Crippen LogP contribution in [0.25, 0.3) is 0 Å². The van der Waals surface area contributed by atoms with Crippen LogP contribution in [-0.2, 0) is 6.61 Å². The number of benzene rings is 2. The molecule has 0 aliphatic carbocycles. The molecule has 0 radical (unpaired) electrons. The third-order valence-corrected chi connectivity index (χ3v) is 3.30. The average Bonchev–Trinajstić information content (AvgIpc) is 2.45. The summed E-state index contributed by atoms with van der Waals surface area (Å²) >= 11 is 3.39. The second-order valence-corrected chi connectivity index (χ2v) is 5.34. The number of rotatable bonds is 6. The molecule has 0 heterocycles. The maximum absolute atomic E-state index is 5.96. The molecule has 2 rings (SSSR count). The molecule has 2 N–H and O–H groups in total. The van der Waals surface area contributed by atoms with E-state index in [4.69, 9.17) is 15.2 Å². The predicted octanol–water partition coefficient (Wildman–Crippen LogP) is 4.40. The number of ether oxygens (including phenoxy) is 2. The van der Waals surface area contributed by atoms with Crippen molar-refractivity contribution in [3.8, 4) is 11.5 Å². The lowest BCUT2D eigenvalue weighted by Gasteiger charge is -2.13. The third kappa shape index (κ3) is 3.90. The third-order valence-electron chi connectivity index (χ3n) is 2.80. The molecule has 2 aromatic carbocycles. The van der Waals surface area contributed by atoms with Gasteiger partial charge in [0.05, 0.1) is 6.61 Å². The van der Waals surface area contributed by atoms with E-state index in [1.807, 2.05) is 42.5 Å². The van der Waals surface area contributed by atoms with Gasteiger partial charge in [0.25, 0.3) is 0 Å². The Kier molecular flexibility index (Phi) is 5.30. The molecule has 0 saturated heterocycles. The molecule has 0 fully saturated rings. The number of nitrogens with two attached hydrogens (primary N) is 1. The van der Waals surface area contributed by atoms with E-state index in [0.29, 0.717) is 18.9 Å². The standard InChI is InChI=1S/C16H18BrNO2/c1-2-9-19-15-5-3-4-6-16(15)20-11-12-7-8-13(17)10-14(12)18/h3-8,10H,2,9,11,18H2,1H3. The van der Waals surface area contributed by atoms with Crippen LogP contribution in [0.2, 0.25) is 0 Å². The first-order valence-electron chi connectivity index (χ1n) is 6.59. The monoisotopic (exact) mass is 335 g/mol. The molecule has 106 valence electrons. The second-order valence-electron chi connectivity index (χ2n) is 4.43. The fourth-order valence-electron chi connectivity index (χ4n) is 1.75. The molecule has 0 aromatic heterocycles. The van der Waals surface area contributed by atoms with Gasteiger partial charge in [-0.25, -0.2) is 0 Å². The topological polar surface area (TPSA) is 44.5 Å². The molecule has 4 heteroatoms. The van der Waals surface area contributed by atoms with Gasteiger partial charge >= 0.3 is 0 Å². The summed E-state index contributed by atoms with van der Waals surface area (Å²) in [4.78, 5) is 0. The van der Waals surface area contributed by atoms with Gasteiger partial charge in [0.15, 0.2) is 11.5 Å². The highest BCUT2D eigenvalue weighted by atomic mass is 79.9. The van der Waals surface area contributed by atoms with Crippen LogP contribution in [0.5, 0.6) is 11.5 Å². The molecule has 3 nitrogen and oxygen atoms in total. The highest BCUT2D eigenvalue weighted by Crippen LogP contribution is 2.28. The summed E-state index contributed by atoms with van der Waals surface area (Å²) in [5.41, 5.74) is 7.63. The SMILES string of the molecule is CCCOc1ccccc1OCc1ccc(Br)cc1N. The van der Waals surface area contributed by atoms with Crippen molar-refractivity contribution in [3.63, 3.8) is 0 Å². The van der Waals surface area contributed by atoms with Crippen LogP contribution in [0.15, 0.2) is 46.9 Å². The normalized spacial score (nSPS) is 10.3. The molecule has 2 aromatic rings. The molecule has 0 aliphatic heterocycles. The summed E-state index contributed by atoms with van der Waals surface area (Å²) in [6, 6.07) is 13.5. The van der Waals surface area contributed by atoms with Crippen LogP contribution in [0.3, 0.4) is 0 Å². The lowest BCUT2D eigenvalue weighted by atomic mass is 10.2. The van der Waals surface area contributed by atoms with Gasteiger partial charge in [-0.1, -0.05) is 41.1 Å². The number of halogens is 1. The van der Waals surface area contributed by atoms with E-state index in [9.17, 15) is 0 Å². The average molecular weight is 336 g/mol. The zero-order chi connectivity index (χ0) is 14.4. The van der Waals surface area contributed by atoms with Gasteiger partial charge in [-0.15, -0.1) is 0 Å². The summed E-state index contributed by atoms with van der Waals surface area (Å²) < 4.78 is 12.4. The maximum atomic E-state index is 5.96. The van der Waals surface area contributed by atoms with E-state index in [2.05, 4.69) is 22.9 Å². The fourth-order valence-corrected chi connectivity index (χ4v) is 2.13. The van der Waals surface area contributed by atoms with Crippen molar-refractivity contribution in [2.75, 3.05) is 12.3 Å². The van der Waals surface area contributed by atoms with Gasteiger partial charge in [0, 0.05) is 15.7 Å². The van der Waals surface area contributed by atoms with Crippen molar-refractivity contribution in [1.29, 1.82) is 0 Å². The number of anilines is 1. The molecule has 0 amide bonds. The number of para-hydroxylation sites is 2. The Bertz CT molecular complexity index is 572. The Balaban J connectivity index is 2.06. The van der Waals surface area contributed by atoms with Crippen molar-refractivity contribution in [1.82, 2.24) is 0 Å². The molecule has 0 atom stereocenters. The van der Waals surface area contributed by atoms with Crippen LogP contribution in [0.4, 0.5) is 5.69 Å². The largest absolute Gasteiger partial charge is 0.490 e. The van der Waals surface area contributed by atoms with Crippen molar-refractivity contribution in [3.05, 3.63) is 52.5 Å². The lowest BCUT2D eigenvalue weighted by molar-refractivity contribution is 0.262. The van der Waals surface area contributed by atoms with Crippen LogP contribution in [-0.4, -0.2) is 6.61 Å². The van der Waals surface area contributed by atoms with Gasteiger partial charge in [-0.2, -0.15) is 0 Å². The summed E-state index contributed by atoms with van der Waals surface area (Å²) in [7, 11) is 0. The van der Waals surface area contributed by atoms with Gasteiger partial charge in [-0.3, -0.25) is 0 Å². The molecule has 0 aliphatic rings. The molecule has 0 saturated carbocycles. The Morgan fingerprint density at radius 2 is 1.75 bits per heavy atom. The first-order chi connectivity index (χ1) is 9.70. The smallest absolute Gasteiger partial charge is 0.161 e. The number of hydrogen-bond acceptors (Lipinski definition) is 3. The predicted molar refractivity (Wildman–Crippen MR) is 85.1 cm³/mol. The van der Waals surface area contributed by atoms with Crippen LogP contribution >= 0.6 is 15.9 Å². The zero-order valence-electron chi connectivity index (χ0n) is 11.4. The van der Waals surface area contributed by atoms with Gasteiger partial charge in [0.1, 0.15) is 6.61 Å². The second kappa shape index (κ2) is 7.20. The van der Waals surface area contributed by atoms with E-state index >= 15 is 0 Å². The van der Waals surface area contributed by atoms with E-state index in [0.717, 1.165) is 28.0 Å². The quantitative estimate of drug-likeness (QED) is 0.795. The number of hydrogen-bond donors (Lipinski definition) is 1. The van der Waals surface area contributed by atoms with E-state index in [1.165, 1.54) is 0 Å². The summed E-state index contributed by atoms with van der Waals surface area (Å²) in [5, 5.41) is 0. The molecular weight excluding hydrogens is 318 g/mol. The lowest BCUT2D eigenvalue weighted by Crippen LogP contribution is -2.02. The van der Waals surface area contributed by atoms with Crippen LogP contribution in [0, 0.1) is 0 Å². The Hall–Kier alpha value is -1.68. The van der Waals surface area contributed by atoms with Gasteiger partial charge in [-0.05, 0) is 30.7 Å². The number of nitrogen functional groups attached to an aromatic ring is 1. The Morgan fingerprint density at radius 3 is 2.40 bits per heavy atom. The van der Waals surface area contributed by atoms with Crippen LogP contribution < -0.4 is 15.2 Å². The summed E-state index contributed by atoms with van der Waals surface area (Å²) in [5.74, 6) is 1.51.